The first kappa shape index (κ1) is 32.6. The van der Waals surface area contributed by atoms with E-state index in [2.05, 4.69) is 99.1 Å². The van der Waals surface area contributed by atoms with Crippen LogP contribution in [0.15, 0.2) is 4.79 Å². The minimum absolute atomic E-state index is 0.00546. The lowest BCUT2D eigenvalue weighted by molar-refractivity contribution is -0.0147. The summed E-state index contributed by atoms with van der Waals surface area (Å²) in [5, 5.41) is 0. The van der Waals surface area contributed by atoms with Gasteiger partial charge < -0.3 is 19.3 Å². The second-order valence-corrected chi connectivity index (χ2v) is 16.3. The highest BCUT2D eigenvalue weighted by atomic mass is 16.5. The predicted molar refractivity (Wildman–Crippen MR) is 173 cm³/mol. The smallest absolute Gasteiger partial charge is 0.351 e. The molecule has 4 fully saturated rings. The van der Waals surface area contributed by atoms with Crippen molar-refractivity contribution in [3.05, 3.63) is 10.5 Å². The van der Waals surface area contributed by atoms with Crippen LogP contribution in [-0.2, 0) is 9.47 Å². The summed E-state index contributed by atoms with van der Waals surface area (Å²) >= 11 is 0. The fourth-order valence-corrected chi connectivity index (χ4v) is 8.52. The van der Waals surface area contributed by atoms with Gasteiger partial charge in [-0.3, -0.25) is 14.8 Å². The Morgan fingerprint density at radius 3 is 1.56 bits per heavy atom. The minimum atomic E-state index is -0.340. The maximum Gasteiger partial charge on any atom is 0.351 e. The molecule has 0 bridgehead atoms. The van der Waals surface area contributed by atoms with Crippen LogP contribution in [0.3, 0.4) is 0 Å². The molecule has 1 aromatic rings. The second-order valence-electron chi connectivity index (χ2n) is 16.3. The van der Waals surface area contributed by atoms with Crippen LogP contribution >= 0.6 is 0 Å². The van der Waals surface area contributed by atoms with Crippen molar-refractivity contribution >= 4 is 11.9 Å². The van der Waals surface area contributed by atoms with Gasteiger partial charge in [-0.15, -0.1) is 0 Å². The first-order valence-electron chi connectivity index (χ1n) is 16.7. The molecule has 4 aliphatic rings. The zero-order valence-corrected chi connectivity index (χ0v) is 28.7. The summed E-state index contributed by atoms with van der Waals surface area (Å²) in [4.78, 5) is 36.0. The summed E-state index contributed by atoms with van der Waals surface area (Å²) in [6.07, 6.45) is 8.31. The summed E-state index contributed by atoms with van der Waals surface area (Å²) in [6, 6.07) is 0.393. The molecule has 0 saturated carbocycles. The van der Waals surface area contributed by atoms with E-state index in [0.29, 0.717) is 25.0 Å². The van der Waals surface area contributed by atoms with E-state index in [-0.39, 0.29) is 52.1 Å². The Bertz CT molecular complexity index is 1050. The lowest BCUT2D eigenvalue weighted by atomic mass is 9.77. The van der Waals surface area contributed by atoms with E-state index in [4.69, 9.17) is 14.5 Å². The minimum Gasteiger partial charge on any atom is -0.376 e. The van der Waals surface area contributed by atoms with Gasteiger partial charge in [-0.05, 0) is 121 Å². The molecule has 4 saturated heterocycles. The Morgan fingerprint density at radius 2 is 1.14 bits per heavy atom. The fourth-order valence-electron chi connectivity index (χ4n) is 8.52. The highest BCUT2D eigenvalue weighted by molar-refractivity contribution is 5.41. The number of aromatic nitrogens is 3. The first-order chi connectivity index (χ1) is 20.0. The molecule has 10 nitrogen and oxygen atoms in total. The maximum atomic E-state index is 13.4. The van der Waals surface area contributed by atoms with E-state index in [0.717, 1.165) is 64.6 Å². The molecule has 0 amide bonds. The molecule has 4 aliphatic heterocycles. The molecule has 244 valence electrons. The zero-order chi connectivity index (χ0) is 31.4. The van der Waals surface area contributed by atoms with Crippen molar-refractivity contribution in [2.45, 2.75) is 153 Å². The Morgan fingerprint density at radius 1 is 0.721 bits per heavy atom. The quantitative estimate of drug-likeness (QED) is 0.465. The van der Waals surface area contributed by atoms with Crippen molar-refractivity contribution in [2.75, 3.05) is 50.2 Å². The van der Waals surface area contributed by atoms with Crippen LogP contribution in [0.1, 0.15) is 107 Å². The molecule has 5 rings (SSSR count). The summed E-state index contributed by atoms with van der Waals surface area (Å²) in [6.45, 7) is 21.6. The van der Waals surface area contributed by atoms with Gasteiger partial charge in [0.1, 0.15) is 0 Å². The molecular formula is C33H59N7O3. The third-order valence-corrected chi connectivity index (χ3v) is 11.5. The molecule has 2 unspecified atom stereocenters. The predicted octanol–water partition coefficient (Wildman–Crippen LogP) is 4.44. The van der Waals surface area contributed by atoms with Crippen molar-refractivity contribution in [1.29, 1.82) is 0 Å². The van der Waals surface area contributed by atoms with Crippen molar-refractivity contribution in [3.8, 4) is 0 Å². The molecule has 0 radical (unpaired) electrons. The largest absolute Gasteiger partial charge is 0.376 e. The summed E-state index contributed by atoms with van der Waals surface area (Å²) in [5.74, 6) is 1.15. The number of rotatable bonds is 8. The van der Waals surface area contributed by atoms with E-state index in [1.807, 2.05) is 0 Å². The number of nitrogens with zero attached hydrogens (tertiary/aromatic N) is 6. The van der Waals surface area contributed by atoms with Gasteiger partial charge in [-0.25, -0.2) is 4.79 Å². The number of anilines is 2. The molecule has 0 aromatic carbocycles. The van der Waals surface area contributed by atoms with Gasteiger partial charge in [-0.1, -0.05) is 0 Å². The summed E-state index contributed by atoms with van der Waals surface area (Å²) in [7, 11) is 4.47. The molecule has 5 heterocycles. The summed E-state index contributed by atoms with van der Waals surface area (Å²) in [5.41, 5.74) is -0.374. The van der Waals surface area contributed by atoms with Crippen LogP contribution in [0.2, 0.25) is 0 Å². The number of likely N-dealkylation sites (tertiary alicyclic amines) is 2. The van der Waals surface area contributed by atoms with Gasteiger partial charge >= 0.3 is 5.69 Å². The van der Waals surface area contributed by atoms with Crippen LogP contribution in [0.5, 0.6) is 0 Å². The fraction of sp³-hybridized carbons (Fsp3) is 0.909. The van der Waals surface area contributed by atoms with Gasteiger partial charge in [0.15, 0.2) is 0 Å². The van der Waals surface area contributed by atoms with Crippen LogP contribution in [-0.4, -0.2) is 112 Å². The molecule has 2 atom stereocenters. The van der Waals surface area contributed by atoms with E-state index in [1.165, 1.54) is 0 Å². The van der Waals surface area contributed by atoms with Gasteiger partial charge in [0, 0.05) is 60.5 Å². The van der Waals surface area contributed by atoms with Crippen molar-refractivity contribution < 1.29 is 9.47 Å². The van der Waals surface area contributed by atoms with Crippen molar-refractivity contribution in [2.24, 2.45) is 0 Å². The number of ether oxygens (including phenoxy) is 2. The van der Waals surface area contributed by atoms with Crippen molar-refractivity contribution in [3.63, 3.8) is 0 Å². The highest BCUT2D eigenvalue weighted by Crippen LogP contribution is 2.42. The molecule has 1 aromatic heterocycles. The average molecular weight is 602 g/mol. The Labute approximate surface area is 259 Å². The molecule has 1 N–H and O–H groups in total. The number of aromatic amines is 1. The molecular weight excluding hydrogens is 542 g/mol. The SMILES string of the molecule is CN1C(C)(C)CC(N(CC2CCCO2)c2nc(N(CC3CCCO3)C3CC(C)(C)N(C)C(C)(C)C3)[nH]c(=O)n2)CC1(C)C. The molecule has 0 spiro atoms. The standard InChI is InChI=1S/C33H59N7O3/c1-30(2)17-23(18-31(3,4)37(30)9)39(21-25-13-11-15-42-25)27-34-28(36-29(41)35-27)40(22-26-14-12-16-43-26)24-19-32(5,6)38(10)33(7,8)20-24/h23-26H,11-22H2,1-10H3,(H,34,35,36,41). The van der Waals surface area contributed by atoms with Gasteiger partial charge in [0.25, 0.3) is 0 Å². The van der Waals surface area contributed by atoms with E-state index in [1.54, 1.807) is 0 Å². The van der Waals surface area contributed by atoms with Gasteiger partial charge in [-0.2, -0.15) is 9.97 Å². The first-order valence-corrected chi connectivity index (χ1v) is 16.7. The van der Waals surface area contributed by atoms with E-state index < -0.39 is 0 Å². The molecule has 10 heteroatoms. The monoisotopic (exact) mass is 601 g/mol. The van der Waals surface area contributed by atoms with Gasteiger partial charge in [0.05, 0.1) is 12.2 Å². The number of hydrogen-bond acceptors (Lipinski definition) is 9. The summed E-state index contributed by atoms with van der Waals surface area (Å²) < 4.78 is 12.3. The average Bonchev–Trinajstić information content (AvgIpc) is 3.61. The van der Waals surface area contributed by atoms with E-state index in [9.17, 15) is 4.79 Å². The van der Waals surface area contributed by atoms with Crippen LogP contribution in [0, 0.1) is 0 Å². The number of hydrogen-bond donors (Lipinski definition) is 1. The lowest BCUT2D eigenvalue weighted by Crippen LogP contribution is -2.64. The second kappa shape index (κ2) is 11.9. The number of H-pyrrole nitrogens is 1. The number of piperidine rings is 2. The van der Waals surface area contributed by atoms with Crippen LogP contribution < -0.4 is 15.5 Å². The van der Waals surface area contributed by atoms with E-state index >= 15 is 0 Å². The molecule has 0 aliphatic carbocycles. The lowest BCUT2D eigenvalue weighted by Gasteiger charge is -2.56. The Hall–Kier alpha value is -1.75. The van der Waals surface area contributed by atoms with Crippen LogP contribution in [0.25, 0.3) is 0 Å². The highest BCUT2D eigenvalue weighted by Gasteiger charge is 2.47. The van der Waals surface area contributed by atoms with Crippen LogP contribution in [0.4, 0.5) is 11.9 Å². The Balaban J connectivity index is 1.54. The van der Waals surface area contributed by atoms with Gasteiger partial charge in [0.2, 0.25) is 11.9 Å². The zero-order valence-electron chi connectivity index (χ0n) is 28.7. The van der Waals surface area contributed by atoms with Crippen molar-refractivity contribution in [1.82, 2.24) is 24.8 Å². The molecule has 43 heavy (non-hydrogen) atoms. The Kier molecular flexibility index (Phi) is 9.02. The third-order valence-electron chi connectivity index (χ3n) is 11.5. The number of nitrogens with one attached hydrogen (secondary N) is 1. The maximum absolute atomic E-state index is 13.4. The third kappa shape index (κ3) is 6.92. The topological polar surface area (TPSA) is 90.1 Å². The normalized spacial score (nSPS) is 29.6.